The Bertz CT molecular complexity index is 280. The van der Waals surface area contributed by atoms with Crippen molar-refractivity contribution >= 4 is 12.2 Å². The molecule has 0 unspecified atom stereocenters. The number of nitrogens with zero attached hydrogens (tertiary/aromatic N) is 1. The first-order valence-electron chi connectivity index (χ1n) is 3.45. The summed E-state index contributed by atoms with van der Waals surface area (Å²) >= 11 is 0. The maximum Gasteiger partial charge on any atom is 0.181 e. The molecule has 2 heteroatoms. The molecule has 0 spiro atoms. The van der Waals surface area contributed by atoms with Crippen LogP contribution in [0.3, 0.4) is 0 Å². The van der Waals surface area contributed by atoms with E-state index in [1.807, 2.05) is 19.9 Å². The summed E-state index contributed by atoms with van der Waals surface area (Å²) in [7, 11) is 0. The number of rotatable bonds is 2. The predicted octanol–water partition coefficient (Wildman–Crippen LogP) is 2.74. The second-order valence-electron chi connectivity index (χ2n) is 2.53. The average molecular weight is 149 g/mol. The Morgan fingerprint density at radius 3 is 2.91 bits per heavy atom. The van der Waals surface area contributed by atoms with Gasteiger partial charge in [0.1, 0.15) is 5.69 Å². The summed E-state index contributed by atoms with van der Waals surface area (Å²) in [6.07, 6.45) is 5.04. The molecule has 0 aliphatic carbocycles. The van der Waals surface area contributed by atoms with E-state index in [1.54, 1.807) is 6.08 Å². The van der Waals surface area contributed by atoms with Gasteiger partial charge in [-0.1, -0.05) is 12.2 Å². The predicted molar refractivity (Wildman–Crippen MR) is 45.9 cm³/mol. The van der Waals surface area contributed by atoms with Crippen molar-refractivity contribution in [3.05, 3.63) is 30.0 Å². The number of oxazole rings is 1. The van der Waals surface area contributed by atoms with Crippen LogP contribution < -0.4 is 0 Å². The standard InChI is InChI=1S/C9H11NO/c1-4-9-8(5-7(2)3)10-6-11-9/h4-6H,1H2,2-3H3. The summed E-state index contributed by atoms with van der Waals surface area (Å²) in [5.41, 5.74) is 2.04. The lowest BCUT2D eigenvalue weighted by atomic mass is 10.2. The van der Waals surface area contributed by atoms with Crippen LogP contribution in [0.15, 0.2) is 23.0 Å². The van der Waals surface area contributed by atoms with E-state index < -0.39 is 0 Å². The van der Waals surface area contributed by atoms with E-state index in [2.05, 4.69) is 11.6 Å². The van der Waals surface area contributed by atoms with Crippen LogP contribution in [-0.2, 0) is 0 Å². The third kappa shape index (κ3) is 1.80. The van der Waals surface area contributed by atoms with Gasteiger partial charge in [0, 0.05) is 0 Å². The van der Waals surface area contributed by atoms with Crippen molar-refractivity contribution < 1.29 is 4.42 Å². The van der Waals surface area contributed by atoms with Gasteiger partial charge >= 0.3 is 0 Å². The molecule has 0 radical (unpaired) electrons. The second kappa shape index (κ2) is 3.19. The summed E-state index contributed by atoms with van der Waals surface area (Å²) in [6, 6.07) is 0. The molecule has 2 nitrogen and oxygen atoms in total. The summed E-state index contributed by atoms with van der Waals surface area (Å²) in [6.45, 7) is 7.64. The lowest BCUT2D eigenvalue weighted by Crippen LogP contribution is -1.75. The van der Waals surface area contributed by atoms with Crippen molar-refractivity contribution in [1.29, 1.82) is 0 Å². The number of aromatic nitrogens is 1. The van der Waals surface area contributed by atoms with E-state index in [9.17, 15) is 0 Å². The molecular weight excluding hydrogens is 138 g/mol. The van der Waals surface area contributed by atoms with Crippen LogP contribution in [0.4, 0.5) is 0 Å². The lowest BCUT2D eigenvalue weighted by molar-refractivity contribution is 0.548. The Morgan fingerprint density at radius 1 is 1.64 bits per heavy atom. The quantitative estimate of drug-likeness (QED) is 0.646. The number of hydrogen-bond donors (Lipinski definition) is 0. The van der Waals surface area contributed by atoms with Crippen molar-refractivity contribution in [3.8, 4) is 0 Å². The molecule has 0 aromatic carbocycles. The van der Waals surface area contributed by atoms with Crippen molar-refractivity contribution in [3.63, 3.8) is 0 Å². The number of allylic oxidation sites excluding steroid dienone is 1. The van der Waals surface area contributed by atoms with Crippen LogP contribution in [0.2, 0.25) is 0 Å². The summed E-state index contributed by atoms with van der Waals surface area (Å²) in [5, 5.41) is 0. The molecule has 0 saturated heterocycles. The summed E-state index contributed by atoms with van der Waals surface area (Å²) < 4.78 is 5.04. The Morgan fingerprint density at radius 2 is 2.36 bits per heavy atom. The van der Waals surface area contributed by atoms with Crippen molar-refractivity contribution in [2.75, 3.05) is 0 Å². The van der Waals surface area contributed by atoms with Gasteiger partial charge in [0.2, 0.25) is 0 Å². The second-order valence-corrected chi connectivity index (χ2v) is 2.53. The summed E-state index contributed by atoms with van der Waals surface area (Å²) in [4.78, 5) is 4.01. The van der Waals surface area contributed by atoms with Crippen LogP contribution in [0.1, 0.15) is 25.3 Å². The van der Waals surface area contributed by atoms with Crippen molar-refractivity contribution in [2.24, 2.45) is 0 Å². The highest BCUT2D eigenvalue weighted by Gasteiger charge is 1.99. The smallest absolute Gasteiger partial charge is 0.181 e. The Hall–Kier alpha value is -1.31. The van der Waals surface area contributed by atoms with Crippen LogP contribution in [0.25, 0.3) is 12.2 Å². The highest BCUT2D eigenvalue weighted by Crippen LogP contribution is 2.11. The molecular formula is C9H11NO. The zero-order chi connectivity index (χ0) is 8.27. The van der Waals surface area contributed by atoms with Gasteiger partial charge < -0.3 is 4.42 Å². The van der Waals surface area contributed by atoms with E-state index in [-0.39, 0.29) is 0 Å². The van der Waals surface area contributed by atoms with Gasteiger partial charge in [0.15, 0.2) is 12.2 Å². The summed E-state index contributed by atoms with van der Waals surface area (Å²) in [5.74, 6) is 0.728. The molecule has 0 amide bonds. The van der Waals surface area contributed by atoms with Crippen LogP contribution in [0.5, 0.6) is 0 Å². The van der Waals surface area contributed by atoms with Crippen LogP contribution >= 0.6 is 0 Å². The molecule has 0 aliphatic rings. The molecule has 1 rings (SSSR count). The zero-order valence-corrected chi connectivity index (χ0v) is 6.79. The third-order valence-electron chi connectivity index (χ3n) is 1.23. The van der Waals surface area contributed by atoms with E-state index in [4.69, 9.17) is 4.42 Å². The van der Waals surface area contributed by atoms with Gasteiger partial charge in [0.05, 0.1) is 0 Å². The first-order chi connectivity index (χ1) is 5.24. The van der Waals surface area contributed by atoms with Gasteiger partial charge in [-0.05, 0) is 26.0 Å². The minimum absolute atomic E-state index is 0.728. The molecule has 1 aromatic heterocycles. The fourth-order valence-electron chi connectivity index (χ4n) is 0.798. The van der Waals surface area contributed by atoms with Gasteiger partial charge in [-0.2, -0.15) is 0 Å². The zero-order valence-electron chi connectivity index (χ0n) is 6.79. The molecule has 0 atom stereocenters. The molecule has 0 bridgehead atoms. The van der Waals surface area contributed by atoms with Gasteiger partial charge in [-0.15, -0.1) is 0 Å². The van der Waals surface area contributed by atoms with E-state index >= 15 is 0 Å². The first-order valence-corrected chi connectivity index (χ1v) is 3.45. The third-order valence-corrected chi connectivity index (χ3v) is 1.23. The largest absolute Gasteiger partial charge is 0.444 e. The van der Waals surface area contributed by atoms with E-state index in [0.717, 1.165) is 11.5 Å². The fourth-order valence-corrected chi connectivity index (χ4v) is 0.798. The van der Waals surface area contributed by atoms with Crippen molar-refractivity contribution in [2.45, 2.75) is 13.8 Å². The highest BCUT2D eigenvalue weighted by molar-refractivity contribution is 5.58. The molecule has 0 aliphatic heterocycles. The fraction of sp³-hybridized carbons (Fsp3) is 0.222. The minimum atomic E-state index is 0.728. The van der Waals surface area contributed by atoms with E-state index in [1.165, 1.54) is 12.0 Å². The maximum atomic E-state index is 5.04. The molecule has 1 aromatic rings. The minimum Gasteiger partial charge on any atom is -0.444 e. The van der Waals surface area contributed by atoms with Gasteiger partial charge in [-0.25, -0.2) is 4.98 Å². The SMILES string of the molecule is C=Cc1ocnc1C=C(C)C. The van der Waals surface area contributed by atoms with Crippen LogP contribution in [0, 0.1) is 0 Å². The average Bonchev–Trinajstić information content (AvgIpc) is 2.34. The molecule has 58 valence electrons. The first kappa shape index (κ1) is 7.79. The van der Waals surface area contributed by atoms with Crippen LogP contribution in [-0.4, -0.2) is 4.98 Å². The highest BCUT2D eigenvalue weighted by atomic mass is 16.3. The Labute approximate surface area is 66.3 Å². The molecule has 0 fully saturated rings. The molecule has 11 heavy (non-hydrogen) atoms. The normalized spacial score (nSPS) is 9.27. The van der Waals surface area contributed by atoms with E-state index in [0.29, 0.717) is 0 Å². The molecule has 0 N–H and O–H groups in total. The topological polar surface area (TPSA) is 26.0 Å². The van der Waals surface area contributed by atoms with Gasteiger partial charge in [-0.3, -0.25) is 0 Å². The Kier molecular flexibility index (Phi) is 2.26. The Balaban J connectivity index is 3.03. The molecule has 0 saturated carbocycles. The number of hydrogen-bond acceptors (Lipinski definition) is 2. The van der Waals surface area contributed by atoms with Crippen molar-refractivity contribution in [1.82, 2.24) is 4.98 Å². The monoisotopic (exact) mass is 149 g/mol. The molecule has 1 heterocycles. The maximum absolute atomic E-state index is 5.04. The lowest BCUT2D eigenvalue weighted by Gasteiger charge is -1.88. The van der Waals surface area contributed by atoms with Gasteiger partial charge in [0.25, 0.3) is 0 Å².